The van der Waals surface area contributed by atoms with Gasteiger partial charge in [-0.25, -0.2) is 0 Å². The fraction of sp³-hybridized carbons (Fsp3) is 0.333. The van der Waals surface area contributed by atoms with Crippen molar-refractivity contribution in [3.63, 3.8) is 0 Å². The number of benzene rings is 1. The second-order valence-electron chi connectivity index (χ2n) is 3.89. The van der Waals surface area contributed by atoms with Crippen molar-refractivity contribution in [1.82, 2.24) is 0 Å². The van der Waals surface area contributed by atoms with Gasteiger partial charge in [0.1, 0.15) is 0 Å². The summed E-state index contributed by atoms with van der Waals surface area (Å²) in [7, 11) is 0. The van der Waals surface area contributed by atoms with Crippen LogP contribution >= 0.6 is 0 Å². The van der Waals surface area contributed by atoms with Crippen LogP contribution in [0.1, 0.15) is 12.5 Å². The lowest BCUT2D eigenvalue weighted by Crippen LogP contribution is -2.28. The quantitative estimate of drug-likeness (QED) is 0.367. The molecule has 0 aliphatic rings. The molecule has 108 valence electrons. The van der Waals surface area contributed by atoms with Gasteiger partial charge in [-0.1, -0.05) is 6.07 Å². The lowest BCUT2D eigenvalue weighted by atomic mass is 9.99. The molecule has 1 rings (SSSR count). The van der Waals surface area contributed by atoms with Crippen molar-refractivity contribution >= 4 is 17.6 Å². The van der Waals surface area contributed by atoms with Crippen LogP contribution in [0.3, 0.4) is 0 Å². The van der Waals surface area contributed by atoms with Crippen molar-refractivity contribution in [2.45, 2.75) is 13.3 Å². The van der Waals surface area contributed by atoms with E-state index in [0.29, 0.717) is 0 Å². The summed E-state index contributed by atoms with van der Waals surface area (Å²) in [5.41, 5.74) is -0.551. The first-order chi connectivity index (χ1) is 9.36. The number of halogens is 1. The second kappa shape index (κ2) is 6.60. The molecular weight excluding hydrogens is 273 g/mol. The van der Waals surface area contributed by atoms with Crippen LogP contribution in [0.15, 0.2) is 18.2 Å². The van der Waals surface area contributed by atoms with Gasteiger partial charge in [0.25, 0.3) is 0 Å². The Kier molecular flexibility index (Phi) is 5.13. The van der Waals surface area contributed by atoms with Crippen molar-refractivity contribution in [3.05, 3.63) is 39.7 Å². The summed E-state index contributed by atoms with van der Waals surface area (Å²) in [6, 6.07) is 2.97. The van der Waals surface area contributed by atoms with Gasteiger partial charge in [-0.3, -0.25) is 19.7 Å². The first-order valence-corrected chi connectivity index (χ1v) is 5.69. The van der Waals surface area contributed by atoms with E-state index in [1.54, 1.807) is 0 Å². The third kappa shape index (κ3) is 3.74. The summed E-state index contributed by atoms with van der Waals surface area (Å²) in [6.45, 7) is 1.56. The van der Waals surface area contributed by atoms with Gasteiger partial charge in [0.05, 0.1) is 11.5 Å². The Morgan fingerprint density at radius 2 is 2.15 bits per heavy atom. The van der Waals surface area contributed by atoms with Crippen LogP contribution in [0.4, 0.5) is 10.1 Å². The smallest absolute Gasteiger partial charge is 0.320 e. The molecule has 20 heavy (non-hydrogen) atoms. The van der Waals surface area contributed by atoms with Crippen molar-refractivity contribution < 1.29 is 28.7 Å². The highest BCUT2D eigenvalue weighted by atomic mass is 19.1. The van der Waals surface area contributed by atoms with E-state index in [0.717, 1.165) is 12.1 Å². The number of carbonyl (C=O) groups is 2. The van der Waals surface area contributed by atoms with Gasteiger partial charge in [0, 0.05) is 6.07 Å². The monoisotopic (exact) mass is 285 g/mol. The molecule has 1 atom stereocenters. The fourth-order valence-electron chi connectivity index (χ4n) is 1.58. The number of aliphatic carboxylic acids is 1. The van der Waals surface area contributed by atoms with Crippen LogP contribution in [-0.2, 0) is 20.7 Å². The zero-order valence-electron chi connectivity index (χ0n) is 10.5. The molecule has 0 saturated carbocycles. The number of nitro groups is 1. The van der Waals surface area contributed by atoms with Gasteiger partial charge in [-0.05, 0) is 25.0 Å². The van der Waals surface area contributed by atoms with Crippen LogP contribution in [0, 0.1) is 21.8 Å². The van der Waals surface area contributed by atoms with E-state index >= 15 is 0 Å². The van der Waals surface area contributed by atoms with Crippen molar-refractivity contribution in [2.75, 3.05) is 6.61 Å². The number of carboxylic acid groups (broad SMARTS) is 1. The molecule has 0 aliphatic carbocycles. The number of hydrogen-bond acceptors (Lipinski definition) is 5. The number of nitrogens with zero attached hydrogens (tertiary/aromatic N) is 1. The molecule has 8 heteroatoms. The number of nitro benzene ring substituents is 1. The molecule has 1 aromatic rings. The van der Waals surface area contributed by atoms with E-state index in [4.69, 9.17) is 5.11 Å². The molecule has 0 spiro atoms. The third-order valence-corrected chi connectivity index (χ3v) is 2.52. The fourth-order valence-corrected chi connectivity index (χ4v) is 1.58. The second-order valence-corrected chi connectivity index (χ2v) is 3.89. The number of ether oxygens (including phenoxy) is 1. The first-order valence-electron chi connectivity index (χ1n) is 5.69. The largest absolute Gasteiger partial charge is 0.481 e. The topological polar surface area (TPSA) is 107 Å². The molecule has 1 unspecified atom stereocenters. The van der Waals surface area contributed by atoms with E-state index in [1.807, 2.05) is 0 Å². The Labute approximate surface area is 113 Å². The number of carboxylic acids is 1. The van der Waals surface area contributed by atoms with Gasteiger partial charge in [0.15, 0.2) is 5.92 Å². The normalized spacial score (nSPS) is 11.7. The summed E-state index contributed by atoms with van der Waals surface area (Å²) in [5, 5.41) is 19.4. The number of esters is 1. The summed E-state index contributed by atoms with van der Waals surface area (Å²) < 4.78 is 18.0. The zero-order valence-corrected chi connectivity index (χ0v) is 10.5. The highest BCUT2D eigenvalue weighted by molar-refractivity contribution is 5.94. The van der Waals surface area contributed by atoms with Gasteiger partial charge in [-0.2, -0.15) is 4.39 Å². The van der Waals surface area contributed by atoms with Crippen molar-refractivity contribution in [2.24, 2.45) is 5.92 Å². The minimum Gasteiger partial charge on any atom is -0.481 e. The SMILES string of the molecule is CCOC(=O)C(Cc1ccc([N+](=O)[O-])c(F)c1)C(=O)O. The zero-order chi connectivity index (χ0) is 15.3. The molecule has 0 aliphatic heterocycles. The molecule has 0 aromatic heterocycles. The summed E-state index contributed by atoms with van der Waals surface area (Å²) in [5.74, 6) is -4.89. The first kappa shape index (κ1) is 15.5. The lowest BCUT2D eigenvalue weighted by Gasteiger charge is -2.11. The van der Waals surface area contributed by atoms with E-state index in [2.05, 4.69) is 4.74 Å². The molecule has 0 amide bonds. The molecule has 0 bridgehead atoms. The van der Waals surface area contributed by atoms with Crippen LogP contribution in [0.5, 0.6) is 0 Å². The molecule has 1 aromatic carbocycles. The Morgan fingerprint density at radius 1 is 1.50 bits per heavy atom. The van der Waals surface area contributed by atoms with Gasteiger partial charge in [-0.15, -0.1) is 0 Å². The van der Waals surface area contributed by atoms with Gasteiger partial charge < -0.3 is 9.84 Å². The maximum Gasteiger partial charge on any atom is 0.320 e. The lowest BCUT2D eigenvalue weighted by molar-refractivity contribution is -0.387. The Balaban J connectivity index is 2.95. The molecule has 0 saturated heterocycles. The average Bonchev–Trinajstić information content (AvgIpc) is 2.35. The molecular formula is C12H12FNO6. The van der Waals surface area contributed by atoms with Gasteiger partial charge in [0.2, 0.25) is 5.82 Å². The van der Waals surface area contributed by atoms with Crippen LogP contribution in [-0.4, -0.2) is 28.6 Å². The minimum absolute atomic E-state index is 0.0250. The van der Waals surface area contributed by atoms with Gasteiger partial charge >= 0.3 is 17.6 Å². The Hall–Kier alpha value is -2.51. The standard InChI is InChI=1S/C12H12FNO6/c1-2-20-12(17)8(11(15)16)5-7-3-4-10(14(18)19)9(13)6-7/h3-4,6,8H,2,5H2,1H3,(H,15,16). The number of carbonyl (C=O) groups excluding carboxylic acids is 1. The third-order valence-electron chi connectivity index (χ3n) is 2.52. The van der Waals surface area contributed by atoms with Crippen molar-refractivity contribution in [3.8, 4) is 0 Å². The van der Waals surface area contributed by atoms with E-state index in [-0.39, 0.29) is 18.6 Å². The molecule has 0 radical (unpaired) electrons. The number of hydrogen-bond donors (Lipinski definition) is 1. The molecule has 0 fully saturated rings. The average molecular weight is 285 g/mol. The minimum atomic E-state index is -1.48. The van der Waals surface area contributed by atoms with Crippen LogP contribution in [0.25, 0.3) is 0 Å². The predicted octanol–water partition coefficient (Wildman–Crippen LogP) is 1.54. The highest BCUT2D eigenvalue weighted by Crippen LogP contribution is 2.20. The molecule has 7 nitrogen and oxygen atoms in total. The van der Waals surface area contributed by atoms with E-state index in [1.165, 1.54) is 13.0 Å². The summed E-state index contributed by atoms with van der Waals surface area (Å²) >= 11 is 0. The van der Waals surface area contributed by atoms with Crippen LogP contribution < -0.4 is 0 Å². The summed E-state index contributed by atoms with van der Waals surface area (Å²) in [4.78, 5) is 32.0. The highest BCUT2D eigenvalue weighted by Gasteiger charge is 2.28. The van der Waals surface area contributed by atoms with Crippen LogP contribution in [0.2, 0.25) is 0 Å². The van der Waals surface area contributed by atoms with Crippen molar-refractivity contribution in [1.29, 1.82) is 0 Å². The Bertz CT molecular complexity index is 545. The maximum absolute atomic E-state index is 13.4. The summed E-state index contributed by atoms with van der Waals surface area (Å²) in [6.07, 6.45) is -0.302. The Morgan fingerprint density at radius 3 is 2.60 bits per heavy atom. The molecule has 0 heterocycles. The predicted molar refractivity (Wildman–Crippen MR) is 64.5 cm³/mol. The van der Waals surface area contributed by atoms with E-state index < -0.39 is 34.3 Å². The number of rotatable bonds is 6. The molecule has 1 N–H and O–H groups in total. The maximum atomic E-state index is 13.4. The van der Waals surface area contributed by atoms with E-state index in [9.17, 15) is 24.1 Å².